The number of hydrogen-bond donors (Lipinski definition) is 1. The van der Waals surface area contributed by atoms with Crippen LogP contribution < -0.4 is 9.47 Å². The van der Waals surface area contributed by atoms with Crippen molar-refractivity contribution in [2.45, 2.75) is 353 Å². The Morgan fingerprint density at radius 2 is 0.866 bits per heavy atom. The fourth-order valence-electron chi connectivity index (χ4n) is 10.8. The van der Waals surface area contributed by atoms with Gasteiger partial charge in [-0.2, -0.15) is 0 Å². The summed E-state index contributed by atoms with van der Waals surface area (Å²) < 4.78 is 67.9. The van der Waals surface area contributed by atoms with Crippen molar-refractivity contribution in [2.75, 3.05) is 66.1 Å². The third-order valence-corrected chi connectivity index (χ3v) is 22.3. The number of esters is 10. The first-order valence-electron chi connectivity index (χ1n) is 45.6. The first-order valence-corrected chi connectivity index (χ1v) is 45.6. The molecule has 0 radical (unpaired) electrons. The quantitative estimate of drug-likeness (QED) is 0.0184. The summed E-state index contributed by atoms with van der Waals surface area (Å²) in [6.07, 6.45) is 19.3. The molecule has 3 aliphatic rings. The zero-order chi connectivity index (χ0) is 98.0. The number of hydrogen-bond acceptors (Lipinski definition) is 24. The number of benzene rings is 3. The van der Waals surface area contributed by atoms with Crippen LogP contribution in [-0.2, 0) is 95.3 Å². The first kappa shape index (κ1) is 118. The average Bonchev–Trinajstić information content (AvgIpc) is 1.63. The molecular formula is C103H166O24. The number of carbonyl (C=O) groups excluding carboxylic acids is 10. The maximum Gasteiger partial charge on any atom is 0.344 e. The normalized spacial score (nSPS) is 15.7. The van der Waals surface area contributed by atoms with Crippen LogP contribution in [0.15, 0.2) is 72.8 Å². The molecule has 1 saturated carbocycles. The molecule has 3 aromatic rings. The summed E-state index contributed by atoms with van der Waals surface area (Å²) in [6, 6.07) is 19.0. The first-order chi connectivity index (χ1) is 58.4. The number of aliphatic hydroxyl groups excluding tert-OH is 1. The molecule has 2 bridgehead atoms. The van der Waals surface area contributed by atoms with Gasteiger partial charge in [0.05, 0.1) is 76.5 Å². The van der Waals surface area contributed by atoms with Gasteiger partial charge < -0.3 is 66.7 Å². The minimum absolute atomic E-state index is 0.0400. The van der Waals surface area contributed by atoms with E-state index in [1.54, 1.807) is 72.7 Å². The lowest BCUT2D eigenvalue weighted by molar-refractivity contribution is -0.178. The number of terminal acetylenes is 1. The molecule has 1 N–H and O–H groups in total. The fraction of sp³-hybridized carbons (Fsp3) is 0.709. The van der Waals surface area contributed by atoms with E-state index in [1.165, 1.54) is 24.8 Å². The summed E-state index contributed by atoms with van der Waals surface area (Å²) in [5.74, 6) is 3.71. The molecule has 2 fully saturated rings. The molecule has 0 amide bonds. The van der Waals surface area contributed by atoms with E-state index in [2.05, 4.69) is 83.9 Å². The molecule has 24 heteroatoms. The SMILES string of the molecule is C#CCOc1ccc2cc(C(=O)OCC(O)COC(=O)C(C)(C)CC)ccc2c1.CCC(C)(C)C(=O)OCC(=O)OC(C)(C)C.CCC(C)(C)C(=O)OCC1CC2C=CC1C2.CCC(C)(C)C(=O)OCCCC(=O)OC(C)(C)C.CCC(C)(C)C(=O)OCCCC(=O)OC(C)(C)C.CCC(C)c1ccc(OC(C)(C)C)cc1.CCC1(COC(=O)C(C)(C)CC)COC1. The Morgan fingerprint density at radius 1 is 0.465 bits per heavy atom. The summed E-state index contributed by atoms with van der Waals surface area (Å²) in [4.78, 5) is 117. The molecule has 24 nitrogen and oxygen atoms in total. The molecule has 1 aliphatic heterocycles. The molecule has 5 atom stereocenters. The summed E-state index contributed by atoms with van der Waals surface area (Å²) in [6.45, 7) is 65.5. The van der Waals surface area contributed by atoms with Crippen LogP contribution >= 0.6 is 0 Å². The molecule has 127 heavy (non-hydrogen) atoms. The average molecular weight is 1790 g/mol. The maximum atomic E-state index is 12.3. The fourth-order valence-corrected chi connectivity index (χ4v) is 10.8. The van der Waals surface area contributed by atoms with Crippen molar-refractivity contribution >= 4 is 70.5 Å². The molecule has 6 rings (SSSR count). The van der Waals surface area contributed by atoms with Crippen molar-refractivity contribution in [1.82, 2.24) is 0 Å². The highest BCUT2D eigenvalue weighted by molar-refractivity contribution is 5.96. The smallest absolute Gasteiger partial charge is 0.344 e. The number of rotatable bonds is 37. The number of ether oxygens (including phenoxy) is 13. The minimum Gasteiger partial charge on any atom is -0.488 e. The van der Waals surface area contributed by atoms with Crippen LogP contribution in [0.5, 0.6) is 11.5 Å². The summed E-state index contributed by atoms with van der Waals surface area (Å²) >= 11 is 0. The van der Waals surface area contributed by atoms with Crippen molar-refractivity contribution in [3.05, 3.63) is 83.9 Å². The van der Waals surface area contributed by atoms with Gasteiger partial charge in [0.1, 0.15) is 66.4 Å². The number of carbonyl (C=O) groups is 10. The van der Waals surface area contributed by atoms with E-state index in [-0.39, 0.29) is 116 Å². The highest BCUT2D eigenvalue weighted by atomic mass is 16.6. The van der Waals surface area contributed by atoms with E-state index in [9.17, 15) is 53.1 Å². The predicted molar refractivity (Wildman–Crippen MR) is 499 cm³/mol. The third-order valence-electron chi connectivity index (χ3n) is 22.3. The Kier molecular flexibility index (Phi) is 51.1. The van der Waals surface area contributed by atoms with Crippen LogP contribution in [0.3, 0.4) is 0 Å². The Balaban J connectivity index is 0.00000148. The minimum atomic E-state index is -1.09. The van der Waals surface area contributed by atoms with Crippen LogP contribution in [-0.4, -0.2) is 159 Å². The second-order valence-electron chi connectivity index (χ2n) is 41.0. The van der Waals surface area contributed by atoms with Crippen LogP contribution in [0.25, 0.3) is 10.8 Å². The van der Waals surface area contributed by atoms with E-state index in [1.807, 2.05) is 151 Å². The standard InChI is InChI=1S/C23H26O6.2C14H26O4.C14H22O2.C14H22O.C12H22O4.C12H22O3/c1-5-11-27-20-10-9-16-12-18(8-7-17(16)13-20)21(25)28-14-19(24)15-29-22(26)23(3,4)6-2;2*1-7-14(5,6)12(16)17-10-8-9-11(15)18-13(2,3)4;1-4-14(2,3)13(15)16-9-12-8-10-5-6-11(12)7-10;1-6-11(2)12-7-9-13(10-8-12)15-14(3,4)5;1-7-12(5,6)10(14)15-8-9(13)16-11(2,3)4;1-5-11(3,4)10(13)15-9-12(6-2)7-14-8-12/h1,7-10,12-13,19,24H,6,11,14-15H2,2-4H3;2*7-10H2,1-6H3;5-6,10-12H,4,7-9H2,1-3H3;7-11H,6H2,1-5H3;7-8H2,1-6H3;5-9H2,1-4H3. The lowest BCUT2D eigenvalue weighted by Gasteiger charge is -2.40. The van der Waals surface area contributed by atoms with E-state index in [0.717, 1.165) is 67.8 Å². The lowest BCUT2D eigenvalue weighted by Crippen LogP contribution is -2.47. The van der Waals surface area contributed by atoms with E-state index in [4.69, 9.17) is 68.0 Å². The second kappa shape index (κ2) is 54.8. The topological polar surface area (TPSA) is 311 Å². The Morgan fingerprint density at radius 3 is 1.25 bits per heavy atom. The highest BCUT2D eigenvalue weighted by Gasteiger charge is 2.41. The lowest BCUT2D eigenvalue weighted by atomic mass is 9.84. The van der Waals surface area contributed by atoms with Gasteiger partial charge >= 0.3 is 59.7 Å². The zero-order valence-electron chi connectivity index (χ0n) is 84.2. The maximum absolute atomic E-state index is 12.3. The highest BCUT2D eigenvalue weighted by Crippen LogP contribution is 2.44. The zero-order valence-corrected chi connectivity index (χ0v) is 84.2. The summed E-state index contributed by atoms with van der Waals surface area (Å²) in [5.41, 5.74) is -2.51. The van der Waals surface area contributed by atoms with Crippen LogP contribution in [0, 0.1) is 68.0 Å². The molecule has 1 saturated heterocycles. The van der Waals surface area contributed by atoms with Crippen molar-refractivity contribution in [1.29, 1.82) is 0 Å². The molecule has 5 unspecified atom stereocenters. The van der Waals surface area contributed by atoms with Gasteiger partial charge in [0.25, 0.3) is 0 Å². The third kappa shape index (κ3) is 48.6. The van der Waals surface area contributed by atoms with Gasteiger partial charge in [0, 0.05) is 12.8 Å². The van der Waals surface area contributed by atoms with Crippen LogP contribution in [0.2, 0.25) is 0 Å². The van der Waals surface area contributed by atoms with Crippen molar-refractivity contribution in [3.8, 4) is 23.8 Å². The van der Waals surface area contributed by atoms with E-state index < -0.39 is 62.5 Å². The van der Waals surface area contributed by atoms with Crippen molar-refractivity contribution in [3.63, 3.8) is 0 Å². The van der Waals surface area contributed by atoms with Gasteiger partial charge in [0.15, 0.2) is 6.61 Å². The molecule has 0 spiro atoms. The summed E-state index contributed by atoms with van der Waals surface area (Å²) in [7, 11) is 0. The van der Waals surface area contributed by atoms with Crippen molar-refractivity contribution in [2.24, 2.45) is 55.7 Å². The van der Waals surface area contributed by atoms with Crippen molar-refractivity contribution < 1.29 is 115 Å². The molecule has 2 aliphatic carbocycles. The van der Waals surface area contributed by atoms with Gasteiger partial charge in [-0.15, -0.1) is 6.42 Å². The molecule has 722 valence electrons. The van der Waals surface area contributed by atoms with Gasteiger partial charge in [-0.05, 0) is 320 Å². The monoisotopic (exact) mass is 1790 g/mol. The van der Waals surface area contributed by atoms with Gasteiger partial charge in [0.2, 0.25) is 0 Å². The number of aliphatic hydroxyl groups is 1. The molecule has 0 aromatic heterocycles. The van der Waals surface area contributed by atoms with E-state index in [0.29, 0.717) is 68.0 Å². The molecular weight excluding hydrogens is 1620 g/mol. The van der Waals surface area contributed by atoms with Gasteiger partial charge in [-0.25, -0.2) is 9.59 Å². The van der Waals surface area contributed by atoms with Crippen LogP contribution in [0.1, 0.15) is 340 Å². The predicted octanol–water partition coefficient (Wildman–Crippen LogP) is 21.8. The Hall–Kier alpha value is -8.56. The van der Waals surface area contributed by atoms with Gasteiger partial charge in [-0.1, -0.05) is 105 Å². The number of allylic oxidation sites excluding steroid dienone is 2. The Bertz CT molecular complexity index is 3860. The Labute approximate surface area is 763 Å². The summed E-state index contributed by atoms with van der Waals surface area (Å²) in [5, 5.41) is 11.7. The van der Waals surface area contributed by atoms with E-state index >= 15 is 0 Å². The van der Waals surface area contributed by atoms with Crippen LogP contribution in [0.4, 0.5) is 0 Å². The molecule has 3 aromatic carbocycles. The second-order valence-corrected chi connectivity index (χ2v) is 41.0. The largest absolute Gasteiger partial charge is 0.488 e. The number of fused-ring (bicyclic) bond motifs is 3. The molecule has 1 heterocycles. The van der Waals surface area contributed by atoms with Gasteiger partial charge in [-0.3, -0.25) is 38.4 Å².